The lowest BCUT2D eigenvalue weighted by Crippen LogP contribution is -2.34. The third-order valence-electron chi connectivity index (χ3n) is 3.22. The molecule has 2 N–H and O–H groups in total. The van der Waals surface area contributed by atoms with Crippen molar-refractivity contribution in [3.8, 4) is 11.5 Å². The number of nitro benzene ring substituents is 1. The fourth-order valence-electron chi connectivity index (χ4n) is 2.04. The predicted molar refractivity (Wildman–Crippen MR) is 96.3 cm³/mol. The molecule has 130 valence electrons. The number of benzene rings is 2. The zero-order valence-electron chi connectivity index (χ0n) is 13.4. The second-order valence-electron chi connectivity index (χ2n) is 4.75. The van der Waals surface area contributed by atoms with E-state index >= 15 is 0 Å². The van der Waals surface area contributed by atoms with Gasteiger partial charge in [-0.2, -0.15) is 0 Å². The van der Waals surface area contributed by atoms with E-state index in [0.29, 0.717) is 17.1 Å². The van der Waals surface area contributed by atoms with Crippen LogP contribution in [0.5, 0.6) is 11.5 Å². The van der Waals surface area contributed by atoms with Crippen LogP contribution in [0.15, 0.2) is 42.5 Å². The van der Waals surface area contributed by atoms with Crippen molar-refractivity contribution in [2.75, 3.05) is 19.5 Å². The molecule has 2 aromatic carbocycles. The Labute approximate surface area is 148 Å². The second-order valence-corrected chi connectivity index (χ2v) is 5.16. The van der Waals surface area contributed by atoms with Gasteiger partial charge in [0.2, 0.25) is 0 Å². The summed E-state index contributed by atoms with van der Waals surface area (Å²) in [5, 5.41) is 16.0. The Morgan fingerprint density at radius 3 is 2.44 bits per heavy atom. The topological polar surface area (TPSA) is 103 Å². The summed E-state index contributed by atoms with van der Waals surface area (Å²) >= 11 is 5.05. The molecule has 0 aliphatic rings. The average Bonchev–Trinajstić information content (AvgIpc) is 2.61. The van der Waals surface area contributed by atoms with Crippen LogP contribution in [0.4, 0.5) is 11.4 Å². The van der Waals surface area contributed by atoms with Crippen LogP contribution in [-0.2, 0) is 0 Å². The van der Waals surface area contributed by atoms with Gasteiger partial charge >= 0.3 is 0 Å². The van der Waals surface area contributed by atoms with Gasteiger partial charge in [-0.3, -0.25) is 20.2 Å². The first-order valence-corrected chi connectivity index (χ1v) is 7.45. The number of methoxy groups -OCH3 is 2. The number of hydrogen-bond donors (Lipinski definition) is 2. The first-order valence-electron chi connectivity index (χ1n) is 7.04. The van der Waals surface area contributed by atoms with Crippen LogP contribution in [0.25, 0.3) is 0 Å². The number of amides is 1. The van der Waals surface area contributed by atoms with Crippen LogP contribution in [-0.4, -0.2) is 30.2 Å². The van der Waals surface area contributed by atoms with E-state index in [4.69, 9.17) is 21.7 Å². The Balaban J connectivity index is 2.11. The van der Waals surface area contributed by atoms with E-state index in [1.807, 2.05) is 0 Å². The lowest BCUT2D eigenvalue weighted by molar-refractivity contribution is -0.383. The second kappa shape index (κ2) is 8.06. The van der Waals surface area contributed by atoms with Gasteiger partial charge in [0, 0.05) is 11.6 Å². The highest BCUT2D eigenvalue weighted by Gasteiger charge is 2.16. The van der Waals surface area contributed by atoms with E-state index in [0.717, 1.165) is 0 Å². The number of carbonyl (C=O) groups excluding carboxylic acids is 1. The minimum absolute atomic E-state index is 0.0610. The smallest absolute Gasteiger partial charge is 0.292 e. The fraction of sp³-hybridized carbons (Fsp3) is 0.125. The van der Waals surface area contributed by atoms with Crippen molar-refractivity contribution in [3.05, 3.63) is 58.1 Å². The summed E-state index contributed by atoms with van der Waals surface area (Å²) in [6.07, 6.45) is 0. The van der Waals surface area contributed by atoms with Crippen LogP contribution in [0, 0.1) is 10.1 Å². The van der Waals surface area contributed by atoms with Crippen LogP contribution < -0.4 is 20.1 Å². The Kier molecular flexibility index (Phi) is 5.85. The molecule has 1 amide bonds. The van der Waals surface area contributed by atoms with Crippen molar-refractivity contribution in [1.29, 1.82) is 0 Å². The van der Waals surface area contributed by atoms with E-state index in [1.54, 1.807) is 18.2 Å². The molecule has 2 rings (SSSR count). The SMILES string of the molecule is COc1ccc(C(=O)NC(=S)Nc2ccccc2[N+](=O)[O-])cc1OC. The molecular formula is C16H15N3O5S. The number of hydrogen-bond acceptors (Lipinski definition) is 6. The van der Waals surface area contributed by atoms with E-state index < -0.39 is 10.8 Å². The molecule has 0 saturated carbocycles. The van der Waals surface area contributed by atoms with Gasteiger partial charge in [-0.05, 0) is 36.5 Å². The summed E-state index contributed by atoms with van der Waals surface area (Å²) in [5.74, 6) is 0.393. The molecule has 0 spiro atoms. The van der Waals surface area contributed by atoms with Gasteiger partial charge in [0.25, 0.3) is 11.6 Å². The van der Waals surface area contributed by atoms with Crippen molar-refractivity contribution in [1.82, 2.24) is 5.32 Å². The maximum Gasteiger partial charge on any atom is 0.292 e. The Morgan fingerprint density at radius 2 is 1.80 bits per heavy atom. The third kappa shape index (κ3) is 4.42. The summed E-state index contributed by atoms with van der Waals surface area (Å²) in [4.78, 5) is 22.7. The summed E-state index contributed by atoms with van der Waals surface area (Å²) in [6.45, 7) is 0. The molecule has 0 fully saturated rings. The molecule has 0 aliphatic heterocycles. The minimum Gasteiger partial charge on any atom is -0.493 e. The monoisotopic (exact) mass is 361 g/mol. The zero-order valence-corrected chi connectivity index (χ0v) is 14.3. The Hall–Kier alpha value is -3.20. The number of anilines is 1. The number of nitrogens with zero attached hydrogens (tertiary/aromatic N) is 1. The van der Waals surface area contributed by atoms with Gasteiger partial charge in [0.05, 0.1) is 19.1 Å². The molecule has 0 saturated heterocycles. The van der Waals surface area contributed by atoms with Gasteiger partial charge in [0.1, 0.15) is 5.69 Å². The van der Waals surface area contributed by atoms with Crippen molar-refractivity contribution >= 4 is 34.6 Å². The van der Waals surface area contributed by atoms with Crippen molar-refractivity contribution in [3.63, 3.8) is 0 Å². The molecular weight excluding hydrogens is 346 g/mol. The minimum atomic E-state index is -0.541. The van der Waals surface area contributed by atoms with Crippen LogP contribution in [0.1, 0.15) is 10.4 Å². The number of nitrogens with one attached hydrogen (secondary N) is 2. The lowest BCUT2D eigenvalue weighted by atomic mass is 10.2. The largest absolute Gasteiger partial charge is 0.493 e. The molecule has 9 heteroatoms. The maximum atomic E-state index is 12.3. The number of ether oxygens (including phenoxy) is 2. The van der Waals surface area contributed by atoms with E-state index in [9.17, 15) is 14.9 Å². The summed E-state index contributed by atoms with van der Waals surface area (Å²) in [7, 11) is 2.95. The predicted octanol–water partition coefficient (Wildman–Crippen LogP) is 2.74. The molecule has 0 unspecified atom stereocenters. The summed E-state index contributed by atoms with van der Waals surface area (Å²) in [5.41, 5.74) is 0.333. The molecule has 0 heterocycles. The summed E-state index contributed by atoms with van der Waals surface area (Å²) < 4.78 is 10.2. The highest BCUT2D eigenvalue weighted by molar-refractivity contribution is 7.80. The highest BCUT2D eigenvalue weighted by Crippen LogP contribution is 2.27. The number of nitro groups is 1. The van der Waals surface area contributed by atoms with E-state index in [1.165, 1.54) is 38.5 Å². The van der Waals surface area contributed by atoms with Crippen LogP contribution in [0.2, 0.25) is 0 Å². The van der Waals surface area contributed by atoms with Crippen molar-refractivity contribution in [2.45, 2.75) is 0 Å². The standard InChI is InChI=1S/C16H15N3O5S/c1-23-13-8-7-10(9-14(13)24-2)15(20)18-16(25)17-11-5-3-4-6-12(11)19(21)22/h3-9H,1-2H3,(H2,17,18,20,25). The third-order valence-corrected chi connectivity index (χ3v) is 3.43. The molecule has 0 radical (unpaired) electrons. The summed E-state index contributed by atoms with van der Waals surface area (Å²) in [6, 6.07) is 10.6. The Morgan fingerprint density at radius 1 is 1.12 bits per heavy atom. The molecule has 0 bridgehead atoms. The molecule has 2 aromatic rings. The molecule has 0 aliphatic carbocycles. The normalized spacial score (nSPS) is 9.84. The van der Waals surface area contributed by atoms with E-state index in [-0.39, 0.29) is 16.5 Å². The average molecular weight is 361 g/mol. The van der Waals surface area contributed by atoms with Gasteiger partial charge in [0.15, 0.2) is 16.6 Å². The maximum absolute atomic E-state index is 12.3. The fourth-order valence-corrected chi connectivity index (χ4v) is 2.25. The number of rotatable bonds is 5. The molecule has 0 aromatic heterocycles. The molecule has 25 heavy (non-hydrogen) atoms. The van der Waals surface area contributed by atoms with Crippen LogP contribution >= 0.6 is 12.2 Å². The zero-order chi connectivity index (χ0) is 18.4. The van der Waals surface area contributed by atoms with Crippen molar-refractivity contribution in [2.24, 2.45) is 0 Å². The molecule has 8 nitrogen and oxygen atoms in total. The Bertz CT molecular complexity index is 825. The van der Waals surface area contributed by atoms with Crippen molar-refractivity contribution < 1.29 is 19.2 Å². The van der Waals surface area contributed by atoms with Gasteiger partial charge in [-0.15, -0.1) is 0 Å². The number of carbonyl (C=O) groups is 1. The quantitative estimate of drug-likeness (QED) is 0.479. The number of para-hydroxylation sites is 2. The van der Waals surface area contributed by atoms with E-state index in [2.05, 4.69) is 10.6 Å². The van der Waals surface area contributed by atoms with Gasteiger partial charge < -0.3 is 14.8 Å². The highest BCUT2D eigenvalue weighted by atomic mass is 32.1. The van der Waals surface area contributed by atoms with Crippen LogP contribution in [0.3, 0.4) is 0 Å². The number of thiocarbonyl (C=S) groups is 1. The first kappa shape index (κ1) is 18.1. The lowest BCUT2D eigenvalue weighted by Gasteiger charge is -2.11. The molecule has 0 atom stereocenters. The van der Waals surface area contributed by atoms with Gasteiger partial charge in [-0.1, -0.05) is 12.1 Å². The first-order chi connectivity index (χ1) is 12.0. The van der Waals surface area contributed by atoms with Gasteiger partial charge in [-0.25, -0.2) is 0 Å².